The second-order valence-electron chi connectivity index (χ2n) is 5.58. The van der Waals surface area contributed by atoms with E-state index < -0.39 is 35.1 Å². The Morgan fingerprint density at radius 1 is 1.35 bits per heavy atom. The highest BCUT2D eigenvalue weighted by molar-refractivity contribution is 7.14. The number of nitrogens with zero attached hydrogens (tertiary/aromatic N) is 3. The summed E-state index contributed by atoms with van der Waals surface area (Å²) in [6.07, 6.45) is 0.377. The second-order valence-corrected chi connectivity index (χ2v) is 6.44. The maximum Gasteiger partial charge on any atom is 0.387 e. The van der Waals surface area contributed by atoms with Gasteiger partial charge in [-0.1, -0.05) is 5.16 Å². The van der Waals surface area contributed by atoms with Crippen LogP contribution < -0.4 is 5.32 Å². The molecule has 1 aromatic rings. The molecule has 2 fully saturated rings. The molecular weight excluding hydrogens is 368 g/mol. The molecule has 2 aliphatic rings. The standard InChI is InChI=1S/C14H14N4O7S/c1-15-13-16-7(6-26-13)10(17-25-14(4-5-14)12(22)23)11(21)24-18-8(19)2-3-9(18)20/h6H,2-5H2,1H3,(H,15,16)(H,22,23)/b17-10-. The number of carboxylic acid groups (broad SMARTS) is 1. The van der Waals surface area contributed by atoms with Crippen LogP contribution in [0.1, 0.15) is 31.4 Å². The lowest BCUT2D eigenvalue weighted by Gasteiger charge is -2.13. The molecule has 1 aliphatic carbocycles. The van der Waals surface area contributed by atoms with Crippen LogP contribution >= 0.6 is 11.3 Å². The van der Waals surface area contributed by atoms with Crippen molar-refractivity contribution in [2.45, 2.75) is 31.3 Å². The van der Waals surface area contributed by atoms with Crippen LogP contribution in [0, 0.1) is 0 Å². The first-order valence-corrected chi connectivity index (χ1v) is 8.45. The second kappa shape index (κ2) is 6.71. The van der Waals surface area contributed by atoms with Gasteiger partial charge >= 0.3 is 11.9 Å². The molecule has 1 saturated heterocycles. The Labute approximate surface area is 150 Å². The number of imide groups is 1. The highest BCUT2D eigenvalue weighted by Gasteiger charge is 2.54. The maximum atomic E-state index is 12.4. The molecule has 138 valence electrons. The Hall–Kier alpha value is -3.02. The molecule has 2 heterocycles. The van der Waals surface area contributed by atoms with Crippen molar-refractivity contribution >= 4 is 45.9 Å². The van der Waals surface area contributed by atoms with Gasteiger partial charge in [-0.25, -0.2) is 14.6 Å². The maximum absolute atomic E-state index is 12.4. The summed E-state index contributed by atoms with van der Waals surface area (Å²) in [5, 5.41) is 17.8. The molecule has 0 aromatic carbocycles. The normalized spacial score (nSPS) is 18.7. The highest BCUT2D eigenvalue weighted by Crippen LogP contribution is 2.40. The van der Waals surface area contributed by atoms with Crippen LogP contribution in [0.2, 0.25) is 0 Å². The lowest BCUT2D eigenvalue weighted by Crippen LogP contribution is -2.35. The lowest BCUT2D eigenvalue weighted by molar-refractivity contribution is -0.192. The Balaban J connectivity index is 1.84. The molecule has 12 heteroatoms. The van der Waals surface area contributed by atoms with E-state index in [1.165, 1.54) is 5.38 Å². The van der Waals surface area contributed by atoms with Crippen molar-refractivity contribution in [2.75, 3.05) is 12.4 Å². The summed E-state index contributed by atoms with van der Waals surface area (Å²) < 4.78 is 0. The number of hydrogen-bond donors (Lipinski definition) is 2. The topological polar surface area (TPSA) is 147 Å². The molecule has 0 atom stereocenters. The SMILES string of the molecule is CNc1nc(/C(=N/OC2(C(=O)O)CC2)C(=O)ON2C(=O)CCC2=O)cs1. The Bertz CT molecular complexity index is 798. The van der Waals surface area contributed by atoms with Gasteiger partial charge in [-0.3, -0.25) is 9.59 Å². The fraction of sp³-hybridized carbons (Fsp3) is 0.429. The van der Waals surface area contributed by atoms with Crippen LogP contribution in [0.5, 0.6) is 0 Å². The van der Waals surface area contributed by atoms with Gasteiger partial charge in [0.15, 0.2) is 5.13 Å². The molecule has 1 aliphatic heterocycles. The highest BCUT2D eigenvalue weighted by atomic mass is 32.1. The fourth-order valence-electron chi connectivity index (χ4n) is 2.06. The molecule has 1 aromatic heterocycles. The molecule has 0 radical (unpaired) electrons. The summed E-state index contributed by atoms with van der Waals surface area (Å²) in [5.41, 5.74) is -1.86. The van der Waals surface area contributed by atoms with E-state index in [9.17, 15) is 19.2 Å². The van der Waals surface area contributed by atoms with E-state index in [0.29, 0.717) is 10.2 Å². The third-order valence-corrected chi connectivity index (χ3v) is 4.60. The first kappa shape index (κ1) is 17.8. The zero-order valence-corrected chi connectivity index (χ0v) is 14.4. The number of carbonyl (C=O) groups excluding carboxylic acids is 3. The van der Waals surface area contributed by atoms with Crippen molar-refractivity contribution < 1.29 is 34.0 Å². The van der Waals surface area contributed by atoms with Crippen molar-refractivity contribution in [3.05, 3.63) is 11.1 Å². The molecule has 0 spiro atoms. The van der Waals surface area contributed by atoms with E-state index >= 15 is 0 Å². The van der Waals surface area contributed by atoms with Gasteiger partial charge in [0.25, 0.3) is 11.8 Å². The van der Waals surface area contributed by atoms with E-state index in [4.69, 9.17) is 14.8 Å². The fourth-order valence-corrected chi connectivity index (χ4v) is 2.72. The van der Waals surface area contributed by atoms with Gasteiger partial charge in [0.2, 0.25) is 11.3 Å². The average Bonchev–Trinajstić information content (AvgIpc) is 3.16. The van der Waals surface area contributed by atoms with Crippen molar-refractivity contribution in [3.8, 4) is 0 Å². The number of aliphatic carboxylic acids is 1. The van der Waals surface area contributed by atoms with Crippen molar-refractivity contribution in [1.82, 2.24) is 10.0 Å². The molecule has 1 saturated carbocycles. The first-order valence-electron chi connectivity index (χ1n) is 7.57. The monoisotopic (exact) mass is 382 g/mol. The Kier molecular flexibility index (Phi) is 4.59. The number of anilines is 1. The molecule has 11 nitrogen and oxygen atoms in total. The number of oxime groups is 1. The van der Waals surface area contributed by atoms with Gasteiger partial charge < -0.3 is 20.1 Å². The lowest BCUT2D eigenvalue weighted by atomic mass is 10.3. The van der Waals surface area contributed by atoms with E-state index in [1.807, 2.05) is 0 Å². The van der Waals surface area contributed by atoms with Crippen LogP contribution in [0.3, 0.4) is 0 Å². The summed E-state index contributed by atoms with van der Waals surface area (Å²) in [5.74, 6) is -3.65. The van der Waals surface area contributed by atoms with Crippen LogP contribution in [0.15, 0.2) is 10.5 Å². The summed E-state index contributed by atoms with van der Waals surface area (Å²) in [4.78, 5) is 60.8. The summed E-state index contributed by atoms with van der Waals surface area (Å²) >= 11 is 1.16. The minimum Gasteiger partial charge on any atom is -0.478 e. The van der Waals surface area contributed by atoms with Crippen molar-refractivity contribution in [2.24, 2.45) is 5.16 Å². The molecular formula is C14H14N4O7S. The van der Waals surface area contributed by atoms with Crippen LogP contribution in [0.25, 0.3) is 0 Å². The zero-order valence-electron chi connectivity index (χ0n) is 13.6. The minimum absolute atomic E-state index is 0.0577. The first-order chi connectivity index (χ1) is 12.4. The number of amides is 2. The van der Waals surface area contributed by atoms with Gasteiger partial charge in [-0.15, -0.1) is 16.4 Å². The van der Waals surface area contributed by atoms with E-state index in [2.05, 4.69) is 15.5 Å². The van der Waals surface area contributed by atoms with Crippen LogP contribution in [-0.4, -0.2) is 57.3 Å². The number of aromatic nitrogens is 1. The van der Waals surface area contributed by atoms with Gasteiger partial charge in [-0.05, 0) is 0 Å². The average molecular weight is 382 g/mol. The predicted molar refractivity (Wildman–Crippen MR) is 86.1 cm³/mol. The summed E-state index contributed by atoms with van der Waals surface area (Å²) in [6.45, 7) is 0. The Morgan fingerprint density at radius 3 is 2.50 bits per heavy atom. The largest absolute Gasteiger partial charge is 0.478 e. The molecule has 2 amide bonds. The van der Waals surface area contributed by atoms with Gasteiger partial charge in [0.05, 0.1) is 0 Å². The number of thiazole rings is 1. The zero-order chi connectivity index (χ0) is 18.9. The van der Waals surface area contributed by atoms with E-state index in [0.717, 1.165) is 11.3 Å². The van der Waals surface area contributed by atoms with Gasteiger partial charge in [0, 0.05) is 38.1 Å². The van der Waals surface area contributed by atoms with Gasteiger partial charge in [0.1, 0.15) is 5.69 Å². The van der Waals surface area contributed by atoms with E-state index in [-0.39, 0.29) is 31.4 Å². The number of nitrogens with one attached hydrogen (secondary N) is 1. The number of rotatable bonds is 7. The molecule has 26 heavy (non-hydrogen) atoms. The predicted octanol–water partition coefficient (Wildman–Crippen LogP) is 0.130. The summed E-state index contributed by atoms with van der Waals surface area (Å²) in [6, 6.07) is 0. The number of carboxylic acids is 1. The molecule has 2 N–H and O–H groups in total. The van der Waals surface area contributed by atoms with Crippen LogP contribution in [0.4, 0.5) is 5.13 Å². The number of carbonyl (C=O) groups is 4. The number of hydrogen-bond acceptors (Lipinski definition) is 10. The quantitative estimate of drug-likeness (QED) is 0.381. The third kappa shape index (κ3) is 3.35. The van der Waals surface area contributed by atoms with Crippen molar-refractivity contribution in [3.63, 3.8) is 0 Å². The smallest absolute Gasteiger partial charge is 0.387 e. The summed E-state index contributed by atoms with van der Waals surface area (Å²) in [7, 11) is 1.62. The van der Waals surface area contributed by atoms with Gasteiger partial charge in [-0.2, -0.15) is 0 Å². The Morgan fingerprint density at radius 2 is 2.00 bits per heavy atom. The molecule has 3 rings (SSSR count). The van der Waals surface area contributed by atoms with Crippen molar-refractivity contribution in [1.29, 1.82) is 0 Å². The number of hydroxylamine groups is 2. The minimum atomic E-state index is -1.48. The van der Waals surface area contributed by atoms with E-state index in [1.54, 1.807) is 7.05 Å². The van der Waals surface area contributed by atoms with Crippen LogP contribution in [-0.2, 0) is 28.9 Å². The third-order valence-electron chi connectivity index (χ3n) is 3.74. The molecule has 0 unspecified atom stereocenters. The molecule has 0 bridgehead atoms.